The number of aromatic amines is 1. The molecule has 3 rings (SSSR count). The van der Waals surface area contributed by atoms with Gasteiger partial charge in [-0.25, -0.2) is 5.43 Å². The Morgan fingerprint density at radius 2 is 2.05 bits per heavy atom. The molecular formula is C16H14N4O2. The largest absolute Gasteiger partial charge is 0.463 e. The van der Waals surface area contributed by atoms with Crippen molar-refractivity contribution < 1.29 is 9.21 Å². The van der Waals surface area contributed by atoms with Crippen molar-refractivity contribution in [1.29, 1.82) is 0 Å². The summed E-state index contributed by atoms with van der Waals surface area (Å²) in [6.07, 6.45) is 1.56. The summed E-state index contributed by atoms with van der Waals surface area (Å²) in [6, 6.07) is 14.8. The number of hydrazone groups is 1. The minimum absolute atomic E-state index is 0.246. The first-order chi connectivity index (χ1) is 10.7. The van der Waals surface area contributed by atoms with Crippen molar-refractivity contribution in [2.24, 2.45) is 5.10 Å². The highest BCUT2D eigenvalue weighted by atomic mass is 16.3. The van der Waals surface area contributed by atoms with Crippen LogP contribution in [0.25, 0.3) is 11.5 Å². The second-order valence-electron chi connectivity index (χ2n) is 4.65. The van der Waals surface area contributed by atoms with E-state index in [1.54, 1.807) is 24.5 Å². The number of hydrogen-bond donors (Lipinski definition) is 2. The van der Waals surface area contributed by atoms with Gasteiger partial charge in [0.2, 0.25) is 0 Å². The van der Waals surface area contributed by atoms with E-state index in [9.17, 15) is 4.79 Å². The molecule has 1 amide bonds. The minimum atomic E-state index is -0.385. The van der Waals surface area contributed by atoms with Gasteiger partial charge in [-0.1, -0.05) is 30.3 Å². The van der Waals surface area contributed by atoms with E-state index >= 15 is 0 Å². The molecule has 2 heterocycles. The van der Waals surface area contributed by atoms with Crippen molar-refractivity contribution in [2.45, 2.75) is 6.92 Å². The van der Waals surface area contributed by atoms with E-state index in [-0.39, 0.29) is 11.6 Å². The average molecular weight is 294 g/mol. The first-order valence-electron chi connectivity index (χ1n) is 6.73. The number of aromatic nitrogens is 2. The molecule has 1 aromatic carbocycles. The Balaban J connectivity index is 1.70. The summed E-state index contributed by atoms with van der Waals surface area (Å²) in [5.41, 5.74) is 5.04. The van der Waals surface area contributed by atoms with Gasteiger partial charge in [-0.05, 0) is 24.6 Å². The summed E-state index contributed by atoms with van der Waals surface area (Å²) in [5, 5.41) is 10.8. The summed E-state index contributed by atoms with van der Waals surface area (Å²) in [4.78, 5) is 12.0. The van der Waals surface area contributed by atoms with Crippen LogP contribution in [0.3, 0.4) is 0 Å². The Morgan fingerprint density at radius 1 is 1.23 bits per heavy atom. The molecule has 6 heteroatoms. The van der Waals surface area contributed by atoms with Crippen LogP contribution < -0.4 is 5.43 Å². The lowest BCUT2D eigenvalue weighted by Gasteiger charge is -2.00. The molecule has 2 aromatic heterocycles. The smallest absolute Gasteiger partial charge is 0.291 e. The normalized spacial score (nSPS) is 11.4. The third kappa shape index (κ3) is 2.95. The highest BCUT2D eigenvalue weighted by molar-refractivity contribution is 6.00. The molecule has 0 unspecified atom stereocenters. The number of nitrogens with zero attached hydrogens (tertiary/aromatic N) is 2. The van der Waals surface area contributed by atoms with Crippen LogP contribution in [0.1, 0.15) is 23.0 Å². The number of nitrogens with one attached hydrogen (secondary N) is 2. The van der Waals surface area contributed by atoms with E-state index in [4.69, 9.17) is 4.42 Å². The third-order valence-electron chi connectivity index (χ3n) is 3.11. The molecule has 0 atom stereocenters. The van der Waals surface area contributed by atoms with E-state index < -0.39 is 0 Å². The first-order valence-corrected chi connectivity index (χ1v) is 6.73. The molecule has 2 N–H and O–H groups in total. The van der Waals surface area contributed by atoms with Gasteiger partial charge in [-0.15, -0.1) is 0 Å². The maximum atomic E-state index is 12.0. The molecule has 0 fully saturated rings. The fourth-order valence-corrected chi connectivity index (χ4v) is 1.93. The number of carbonyl (C=O) groups is 1. The second kappa shape index (κ2) is 6.09. The van der Waals surface area contributed by atoms with Crippen molar-refractivity contribution in [3.05, 3.63) is 66.1 Å². The average Bonchev–Trinajstić information content (AvgIpc) is 3.23. The molecule has 22 heavy (non-hydrogen) atoms. The van der Waals surface area contributed by atoms with Gasteiger partial charge in [-0.2, -0.15) is 10.2 Å². The Bertz CT molecular complexity index is 789. The Hall–Kier alpha value is -3.15. The molecule has 0 spiro atoms. The lowest BCUT2D eigenvalue weighted by Crippen LogP contribution is -2.19. The van der Waals surface area contributed by atoms with Gasteiger partial charge in [0.05, 0.1) is 12.0 Å². The molecular weight excluding hydrogens is 280 g/mol. The van der Waals surface area contributed by atoms with E-state index in [1.165, 1.54) is 0 Å². The van der Waals surface area contributed by atoms with E-state index in [2.05, 4.69) is 20.7 Å². The zero-order chi connectivity index (χ0) is 15.4. The zero-order valence-corrected chi connectivity index (χ0v) is 11.9. The van der Waals surface area contributed by atoms with Gasteiger partial charge in [0, 0.05) is 6.07 Å². The third-order valence-corrected chi connectivity index (χ3v) is 3.11. The van der Waals surface area contributed by atoms with E-state index in [0.717, 1.165) is 11.3 Å². The summed E-state index contributed by atoms with van der Waals surface area (Å²) in [6.45, 7) is 1.83. The first kappa shape index (κ1) is 13.8. The van der Waals surface area contributed by atoms with Crippen LogP contribution in [0.4, 0.5) is 0 Å². The number of rotatable bonds is 4. The van der Waals surface area contributed by atoms with Gasteiger partial charge in [-0.3, -0.25) is 9.89 Å². The number of H-pyrrole nitrogens is 1. The molecule has 110 valence electrons. The number of furan rings is 1. The Kier molecular flexibility index (Phi) is 3.82. The summed E-state index contributed by atoms with van der Waals surface area (Å²) >= 11 is 0. The van der Waals surface area contributed by atoms with Gasteiger partial charge in [0.15, 0.2) is 11.5 Å². The molecule has 0 aliphatic carbocycles. The molecule has 0 aliphatic heterocycles. The zero-order valence-electron chi connectivity index (χ0n) is 11.9. The van der Waals surface area contributed by atoms with Crippen molar-refractivity contribution in [3.63, 3.8) is 0 Å². The van der Waals surface area contributed by atoms with Crippen molar-refractivity contribution in [1.82, 2.24) is 15.6 Å². The van der Waals surface area contributed by atoms with Crippen molar-refractivity contribution in [3.8, 4) is 11.5 Å². The van der Waals surface area contributed by atoms with Crippen molar-refractivity contribution in [2.75, 3.05) is 0 Å². The lowest BCUT2D eigenvalue weighted by molar-refractivity contribution is 0.0950. The predicted octanol–water partition coefficient (Wildman–Crippen LogP) is 2.82. The predicted molar refractivity (Wildman–Crippen MR) is 82.4 cm³/mol. The van der Waals surface area contributed by atoms with Crippen LogP contribution in [0.15, 0.2) is 64.3 Å². The number of amides is 1. The van der Waals surface area contributed by atoms with Gasteiger partial charge < -0.3 is 4.42 Å². The fraction of sp³-hybridized carbons (Fsp3) is 0.0625. The second-order valence-corrected chi connectivity index (χ2v) is 4.65. The van der Waals surface area contributed by atoms with Crippen LogP contribution in [0.5, 0.6) is 0 Å². The highest BCUT2D eigenvalue weighted by Gasteiger charge is 2.12. The Morgan fingerprint density at radius 3 is 2.77 bits per heavy atom. The lowest BCUT2D eigenvalue weighted by atomic mass is 10.1. The van der Waals surface area contributed by atoms with Gasteiger partial charge in [0.1, 0.15) is 5.69 Å². The van der Waals surface area contributed by atoms with Crippen LogP contribution in [0, 0.1) is 0 Å². The van der Waals surface area contributed by atoms with Crippen LogP contribution in [-0.2, 0) is 0 Å². The monoisotopic (exact) mass is 294 g/mol. The van der Waals surface area contributed by atoms with Crippen LogP contribution in [-0.4, -0.2) is 21.8 Å². The topological polar surface area (TPSA) is 83.3 Å². The van der Waals surface area contributed by atoms with Gasteiger partial charge in [0.25, 0.3) is 5.91 Å². The van der Waals surface area contributed by atoms with Gasteiger partial charge >= 0.3 is 0 Å². The molecule has 3 aromatic rings. The minimum Gasteiger partial charge on any atom is -0.463 e. The standard InChI is InChI=1S/C16H14N4O2/c1-11(12-6-3-2-4-7-12)17-20-16(21)14-10-13(18-19-14)15-8-5-9-22-15/h2-10H,1H3,(H,18,19)(H,20,21). The summed E-state index contributed by atoms with van der Waals surface area (Å²) < 4.78 is 5.24. The number of hydrogen-bond acceptors (Lipinski definition) is 4. The molecule has 0 saturated carbocycles. The number of benzene rings is 1. The maximum Gasteiger partial charge on any atom is 0.291 e. The van der Waals surface area contributed by atoms with Crippen molar-refractivity contribution >= 4 is 11.6 Å². The SMILES string of the molecule is CC(=NNC(=O)c1cc(-c2ccco2)[nH]n1)c1ccccc1. The summed E-state index contributed by atoms with van der Waals surface area (Å²) in [7, 11) is 0. The van der Waals surface area contributed by atoms with Crippen LogP contribution >= 0.6 is 0 Å². The maximum absolute atomic E-state index is 12.0. The summed E-state index contributed by atoms with van der Waals surface area (Å²) in [5.74, 6) is 0.236. The van der Waals surface area contributed by atoms with E-state index in [0.29, 0.717) is 11.5 Å². The molecule has 0 bridgehead atoms. The molecule has 0 saturated heterocycles. The quantitative estimate of drug-likeness (QED) is 0.573. The van der Waals surface area contributed by atoms with E-state index in [1.807, 2.05) is 37.3 Å². The Labute approximate surface area is 126 Å². The molecule has 6 nitrogen and oxygen atoms in total. The highest BCUT2D eigenvalue weighted by Crippen LogP contribution is 2.17. The fourth-order valence-electron chi connectivity index (χ4n) is 1.93. The molecule has 0 radical (unpaired) electrons. The van der Waals surface area contributed by atoms with Crippen LogP contribution in [0.2, 0.25) is 0 Å². The molecule has 0 aliphatic rings. The number of carbonyl (C=O) groups excluding carboxylic acids is 1.